The maximum Gasteiger partial charge on any atom is 0.259 e. The van der Waals surface area contributed by atoms with Crippen molar-refractivity contribution >= 4 is 40.9 Å². The van der Waals surface area contributed by atoms with Crippen LogP contribution in [-0.2, 0) is 4.79 Å². The Hall–Kier alpha value is -2.48. The number of H-pyrrole nitrogens is 1. The van der Waals surface area contributed by atoms with Gasteiger partial charge in [-0.3, -0.25) is 9.59 Å². The number of hydrogen-bond acceptors (Lipinski definition) is 5. The molecule has 0 unspecified atom stereocenters. The summed E-state index contributed by atoms with van der Waals surface area (Å²) in [5, 5.41) is 12.1. The average molecular weight is 492 g/mol. The number of nitrogens with zero attached hydrogens (tertiary/aromatic N) is 2. The molecule has 1 heterocycles. The highest BCUT2D eigenvalue weighted by Gasteiger charge is 2.25. The number of aromatic hydroxyl groups is 1. The van der Waals surface area contributed by atoms with Gasteiger partial charge in [0.1, 0.15) is 0 Å². The number of aromatic nitrogens is 2. The minimum Gasteiger partial charge on any atom is -0.493 e. The number of rotatable bonds is 8. The number of benzene rings is 2. The highest BCUT2D eigenvalue weighted by molar-refractivity contribution is 7.99. The number of nitrogens with one attached hydrogen (secondary N) is 1. The van der Waals surface area contributed by atoms with Crippen molar-refractivity contribution in [1.29, 1.82) is 0 Å². The van der Waals surface area contributed by atoms with E-state index in [1.807, 2.05) is 13.8 Å². The van der Waals surface area contributed by atoms with E-state index >= 15 is 0 Å². The summed E-state index contributed by atoms with van der Waals surface area (Å²) in [6.07, 6.45) is 0. The minimum atomic E-state index is -0.586. The zero-order valence-electron chi connectivity index (χ0n) is 17.6. The molecule has 0 fully saturated rings. The molecule has 3 rings (SSSR count). The molecule has 1 aromatic heterocycles. The molecule has 168 valence electrons. The molecule has 0 spiro atoms. The summed E-state index contributed by atoms with van der Waals surface area (Å²) in [5.74, 6) is -0.925. The predicted octanol–water partition coefficient (Wildman–Crippen LogP) is 4.92. The lowest BCUT2D eigenvalue weighted by molar-refractivity contribution is -0.127. The fraction of sp³-hybridized carbons (Fsp3) is 0.261. The van der Waals surface area contributed by atoms with E-state index in [2.05, 4.69) is 9.97 Å². The summed E-state index contributed by atoms with van der Waals surface area (Å²) in [7, 11) is 0. The normalized spacial score (nSPS) is 11.0. The molecule has 3 aromatic rings. The standard InChI is InChI=1S/C23H23Cl2N3O3S/c1-3-28(4-2)18(29)13-32-23-26-21(30)20(22(31)27-23)19(14-5-9-16(24)10-6-14)15-7-11-17(25)12-8-15/h5-12,19H,3-4,13H2,1-2H3,(H2,26,27,30,31). The average Bonchev–Trinajstić information content (AvgIpc) is 2.77. The molecule has 9 heteroatoms. The van der Waals surface area contributed by atoms with Crippen LogP contribution in [-0.4, -0.2) is 44.7 Å². The van der Waals surface area contributed by atoms with Crippen molar-refractivity contribution in [2.45, 2.75) is 24.9 Å². The van der Waals surface area contributed by atoms with E-state index in [1.165, 1.54) is 0 Å². The van der Waals surface area contributed by atoms with Crippen LogP contribution in [0.25, 0.3) is 0 Å². The van der Waals surface area contributed by atoms with Crippen molar-refractivity contribution in [1.82, 2.24) is 14.9 Å². The Bertz CT molecular complexity index is 1090. The molecule has 0 aliphatic carbocycles. The van der Waals surface area contributed by atoms with Crippen LogP contribution in [0.4, 0.5) is 0 Å². The van der Waals surface area contributed by atoms with E-state index in [0.29, 0.717) is 23.1 Å². The van der Waals surface area contributed by atoms with Crippen molar-refractivity contribution in [2.24, 2.45) is 0 Å². The monoisotopic (exact) mass is 491 g/mol. The van der Waals surface area contributed by atoms with Gasteiger partial charge < -0.3 is 15.0 Å². The van der Waals surface area contributed by atoms with Gasteiger partial charge in [-0.1, -0.05) is 59.2 Å². The number of halogens is 2. The van der Waals surface area contributed by atoms with Crippen molar-refractivity contribution in [2.75, 3.05) is 18.8 Å². The van der Waals surface area contributed by atoms with E-state index < -0.39 is 11.5 Å². The Morgan fingerprint density at radius 1 is 1.03 bits per heavy atom. The second-order valence-corrected chi connectivity index (χ2v) is 8.84. The molecule has 0 aliphatic rings. The molecular formula is C23H23Cl2N3O3S. The third-order valence-corrected chi connectivity index (χ3v) is 6.42. The van der Waals surface area contributed by atoms with Gasteiger partial charge in [0.25, 0.3) is 5.56 Å². The zero-order chi connectivity index (χ0) is 23.3. The fourth-order valence-corrected chi connectivity index (χ4v) is 4.42. The van der Waals surface area contributed by atoms with Crippen molar-refractivity contribution in [3.8, 4) is 5.88 Å². The van der Waals surface area contributed by atoms with Crippen LogP contribution in [0.3, 0.4) is 0 Å². The SMILES string of the molecule is CCN(CC)C(=O)CSc1nc(O)c(C(c2ccc(Cl)cc2)c2ccc(Cl)cc2)c(=O)[nH]1. The topological polar surface area (TPSA) is 86.3 Å². The molecule has 0 saturated carbocycles. The first-order chi connectivity index (χ1) is 15.3. The Morgan fingerprint density at radius 3 is 1.97 bits per heavy atom. The number of amides is 1. The number of carbonyl (C=O) groups excluding carboxylic acids is 1. The first kappa shape index (κ1) is 24.2. The molecule has 0 saturated heterocycles. The lowest BCUT2D eigenvalue weighted by Crippen LogP contribution is -2.32. The molecule has 2 N–H and O–H groups in total. The second kappa shape index (κ2) is 10.9. The first-order valence-electron chi connectivity index (χ1n) is 10.1. The summed E-state index contributed by atoms with van der Waals surface area (Å²) in [6, 6.07) is 14.1. The molecule has 0 atom stereocenters. The van der Waals surface area contributed by atoms with Crippen molar-refractivity contribution < 1.29 is 9.90 Å². The van der Waals surface area contributed by atoms with E-state index in [0.717, 1.165) is 22.9 Å². The Balaban J connectivity index is 1.98. The number of carbonyl (C=O) groups is 1. The van der Waals surface area contributed by atoms with E-state index in [9.17, 15) is 14.7 Å². The van der Waals surface area contributed by atoms with Crippen LogP contribution < -0.4 is 5.56 Å². The smallest absolute Gasteiger partial charge is 0.259 e. The van der Waals surface area contributed by atoms with Gasteiger partial charge in [-0.05, 0) is 49.2 Å². The maximum absolute atomic E-state index is 13.1. The van der Waals surface area contributed by atoms with Crippen LogP contribution in [0.5, 0.6) is 5.88 Å². The molecular weight excluding hydrogens is 469 g/mol. The molecule has 32 heavy (non-hydrogen) atoms. The van der Waals surface area contributed by atoms with Gasteiger partial charge in [-0.2, -0.15) is 4.98 Å². The van der Waals surface area contributed by atoms with Gasteiger partial charge in [-0.15, -0.1) is 0 Å². The quantitative estimate of drug-likeness (QED) is 0.344. The van der Waals surface area contributed by atoms with Crippen molar-refractivity contribution in [3.63, 3.8) is 0 Å². The van der Waals surface area contributed by atoms with Gasteiger partial charge in [-0.25, -0.2) is 0 Å². The number of thioether (sulfide) groups is 1. The Morgan fingerprint density at radius 2 is 1.53 bits per heavy atom. The largest absolute Gasteiger partial charge is 0.493 e. The highest BCUT2D eigenvalue weighted by Crippen LogP contribution is 2.35. The van der Waals surface area contributed by atoms with Crippen molar-refractivity contribution in [3.05, 3.63) is 85.6 Å². The van der Waals surface area contributed by atoms with Gasteiger partial charge >= 0.3 is 0 Å². The summed E-state index contributed by atoms with van der Waals surface area (Å²) < 4.78 is 0. The number of aromatic amines is 1. The van der Waals surface area contributed by atoms with Gasteiger partial charge in [0, 0.05) is 29.1 Å². The molecule has 1 amide bonds. The van der Waals surface area contributed by atoms with Gasteiger partial charge in [0.2, 0.25) is 11.8 Å². The Labute approximate surface area is 200 Å². The summed E-state index contributed by atoms with van der Waals surface area (Å²) in [6.45, 7) is 5.02. The predicted molar refractivity (Wildman–Crippen MR) is 129 cm³/mol. The molecule has 0 radical (unpaired) electrons. The third-order valence-electron chi connectivity index (χ3n) is 5.06. The first-order valence-corrected chi connectivity index (χ1v) is 11.8. The lowest BCUT2D eigenvalue weighted by atomic mass is 9.86. The highest BCUT2D eigenvalue weighted by atomic mass is 35.5. The molecule has 2 aromatic carbocycles. The molecule has 6 nitrogen and oxygen atoms in total. The Kier molecular flexibility index (Phi) is 8.23. The minimum absolute atomic E-state index is 0.0635. The van der Waals surface area contributed by atoms with Crippen LogP contribution in [0.1, 0.15) is 36.5 Å². The van der Waals surface area contributed by atoms with Crippen LogP contribution >= 0.6 is 35.0 Å². The molecule has 0 bridgehead atoms. The van der Waals surface area contributed by atoms with E-state index in [4.69, 9.17) is 23.2 Å². The van der Waals surface area contributed by atoms with E-state index in [1.54, 1.807) is 53.4 Å². The van der Waals surface area contributed by atoms with Gasteiger partial charge in [0.15, 0.2) is 5.16 Å². The zero-order valence-corrected chi connectivity index (χ0v) is 20.0. The maximum atomic E-state index is 13.1. The second-order valence-electron chi connectivity index (χ2n) is 7.00. The fourth-order valence-electron chi connectivity index (χ4n) is 3.41. The number of hydrogen-bond donors (Lipinski definition) is 2. The summed E-state index contributed by atoms with van der Waals surface area (Å²) in [5.41, 5.74) is 1.15. The van der Waals surface area contributed by atoms with Crippen LogP contribution in [0.15, 0.2) is 58.5 Å². The van der Waals surface area contributed by atoms with Crippen LogP contribution in [0.2, 0.25) is 10.0 Å². The molecule has 0 aliphatic heterocycles. The summed E-state index contributed by atoms with van der Waals surface area (Å²) in [4.78, 5) is 33.9. The van der Waals surface area contributed by atoms with Gasteiger partial charge in [0.05, 0.1) is 11.3 Å². The summed E-state index contributed by atoms with van der Waals surface area (Å²) >= 11 is 13.1. The third kappa shape index (κ3) is 5.65. The lowest BCUT2D eigenvalue weighted by Gasteiger charge is -2.20. The van der Waals surface area contributed by atoms with Crippen LogP contribution in [0, 0.1) is 0 Å². The van der Waals surface area contributed by atoms with E-state index in [-0.39, 0.29) is 28.3 Å².